The maximum atomic E-state index is 13.6. The van der Waals surface area contributed by atoms with Crippen molar-refractivity contribution >= 4 is 23.6 Å². The molecule has 12 nitrogen and oxygen atoms in total. The Labute approximate surface area is 268 Å². The van der Waals surface area contributed by atoms with Gasteiger partial charge in [-0.2, -0.15) is 0 Å². The van der Waals surface area contributed by atoms with Gasteiger partial charge in [-0.25, -0.2) is 0 Å². The smallest absolute Gasteiger partial charge is 0.255 e. The van der Waals surface area contributed by atoms with Crippen molar-refractivity contribution in [3.05, 3.63) is 83.9 Å². The number of methoxy groups -OCH3 is 1. The summed E-state index contributed by atoms with van der Waals surface area (Å²) in [7, 11) is 4.74. The van der Waals surface area contributed by atoms with Gasteiger partial charge < -0.3 is 39.8 Å². The van der Waals surface area contributed by atoms with Crippen LogP contribution in [0.5, 0.6) is 23.0 Å². The van der Waals surface area contributed by atoms with Crippen molar-refractivity contribution < 1.29 is 38.5 Å². The minimum absolute atomic E-state index is 0.0207. The van der Waals surface area contributed by atoms with E-state index in [9.17, 15) is 24.3 Å². The van der Waals surface area contributed by atoms with Crippen LogP contribution in [0.2, 0.25) is 0 Å². The molecule has 4 rings (SSSR count). The molecule has 0 saturated carbocycles. The Kier molecular flexibility index (Phi) is 11.8. The second kappa shape index (κ2) is 16.2. The lowest BCUT2D eigenvalue weighted by Crippen LogP contribution is -2.50. The molecule has 0 bridgehead atoms. The number of benzene rings is 3. The zero-order valence-corrected chi connectivity index (χ0v) is 26.2. The number of likely N-dealkylation sites (N-methyl/N-ethyl adjacent to an activating group) is 2. The lowest BCUT2D eigenvalue weighted by molar-refractivity contribution is -0.136. The third-order valence-corrected chi connectivity index (χ3v) is 7.59. The quantitative estimate of drug-likeness (QED) is 0.343. The summed E-state index contributed by atoms with van der Waals surface area (Å²) >= 11 is 0. The Bertz CT molecular complexity index is 1510. The minimum atomic E-state index is -1.05. The van der Waals surface area contributed by atoms with Crippen molar-refractivity contribution in [2.75, 3.05) is 47.5 Å². The number of carbonyl (C=O) groups excluding carboxylic acids is 4. The first-order valence-electron chi connectivity index (χ1n) is 15.0. The van der Waals surface area contributed by atoms with E-state index in [1.165, 1.54) is 21.9 Å². The average molecular weight is 633 g/mol. The molecular formula is C34H40N4O8. The standard InChI is InChI=1S/C34H40N4O8/c1-37(19-21-46-30-11-7-6-10-29(30)44-3)33(42)26-16-17-31(40)35-27(22-23-12-14-24(39)15-13-23)34(43)38(2)18-20-45-28-9-5-4-8-25(28)32(41)36-26/h4-15,26-27,39H,16-22H2,1-3H3,(H,35,40)(H,36,41)/t26-,27-/m0/s1. The van der Waals surface area contributed by atoms with Crippen molar-refractivity contribution in [1.82, 2.24) is 20.4 Å². The molecule has 12 heteroatoms. The summed E-state index contributed by atoms with van der Waals surface area (Å²) in [4.78, 5) is 56.7. The fourth-order valence-corrected chi connectivity index (χ4v) is 4.96. The monoisotopic (exact) mass is 632 g/mol. The van der Waals surface area contributed by atoms with Gasteiger partial charge in [-0.3, -0.25) is 19.2 Å². The van der Waals surface area contributed by atoms with Gasteiger partial charge in [0.2, 0.25) is 17.7 Å². The zero-order valence-electron chi connectivity index (χ0n) is 26.2. The van der Waals surface area contributed by atoms with E-state index >= 15 is 0 Å². The first-order chi connectivity index (χ1) is 22.2. The van der Waals surface area contributed by atoms with Crippen LogP contribution >= 0.6 is 0 Å². The first kappa shape index (κ1) is 33.6. The van der Waals surface area contributed by atoms with Gasteiger partial charge >= 0.3 is 0 Å². The highest BCUT2D eigenvalue weighted by Crippen LogP contribution is 2.25. The number of rotatable bonds is 8. The summed E-state index contributed by atoms with van der Waals surface area (Å²) < 4.78 is 17.0. The highest BCUT2D eigenvalue weighted by molar-refractivity contribution is 5.99. The Morgan fingerprint density at radius 3 is 2.43 bits per heavy atom. The number of aromatic hydroxyl groups is 1. The van der Waals surface area contributed by atoms with E-state index in [-0.39, 0.29) is 62.8 Å². The summed E-state index contributed by atoms with van der Waals surface area (Å²) in [5.41, 5.74) is 0.964. The second-order valence-electron chi connectivity index (χ2n) is 10.9. The van der Waals surface area contributed by atoms with E-state index in [1.54, 1.807) is 69.7 Å². The van der Waals surface area contributed by atoms with Gasteiger partial charge in [0.1, 0.15) is 36.8 Å². The van der Waals surface area contributed by atoms with Crippen LogP contribution in [0.25, 0.3) is 0 Å². The molecule has 244 valence electrons. The van der Waals surface area contributed by atoms with Crippen molar-refractivity contribution in [3.63, 3.8) is 0 Å². The summed E-state index contributed by atoms with van der Waals surface area (Å²) in [6.45, 7) is 0.642. The topological polar surface area (TPSA) is 147 Å². The van der Waals surface area contributed by atoms with Crippen LogP contribution in [0.1, 0.15) is 28.8 Å². The number of hydrogen-bond acceptors (Lipinski definition) is 8. The molecular weight excluding hydrogens is 592 g/mol. The third kappa shape index (κ3) is 9.13. The van der Waals surface area contributed by atoms with Gasteiger partial charge in [-0.1, -0.05) is 36.4 Å². The highest BCUT2D eigenvalue weighted by Gasteiger charge is 2.29. The molecule has 0 aliphatic carbocycles. The summed E-state index contributed by atoms with van der Waals surface area (Å²) in [6.07, 6.45) is 0.0312. The van der Waals surface area contributed by atoms with E-state index in [0.29, 0.717) is 17.2 Å². The fraction of sp³-hybridized carbons (Fsp3) is 0.353. The average Bonchev–Trinajstić information content (AvgIpc) is 3.06. The molecule has 3 aromatic carbocycles. The van der Waals surface area contributed by atoms with Gasteiger partial charge in [-0.15, -0.1) is 0 Å². The normalized spacial score (nSPS) is 17.7. The molecule has 0 radical (unpaired) electrons. The molecule has 3 aromatic rings. The van der Waals surface area contributed by atoms with E-state index in [2.05, 4.69) is 10.6 Å². The second-order valence-corrected chi connectivity index (χ2v) is 10.9. The Morgan fingerprint density at radius 1 is 1.00 bits per heavy atom. The molecule has 0 aromatic heterocycles. The van der Waals surface area contributed by atoms with Gasteiger partial charge in [0, 0.05) is 26.9 Å². The summed E-state index contributed by atoms with van der Waals surface area (Å²) in [5.74, 6) is -0.244. The number of para-hydroxylation sites is 3. The number of nitrogens with one attached hydrogen (secondary N) is 2. The number of nitrogens with zero attached hydrogens (tertiary/aromatic N) is 2. The number of phenolic OH excluding ortho intramolecular Hbond substituents is 1. The van der Waals surface area contributed by atoms with Gasteiger partial charge in [-0.05, 0) is 48.4 Å². The molecule has 2 atom stereocenters. The Morgan fingerprint density at radius 2 is 1.70 bits per heavy atom. The molecule has 1 heterocycles. The maximum Gasteiger partial charge on any atom is 0.255 e. The van der Waals surface area contributed by atoms with E-state index < -0.39 is 29.8 Å². The van der Waals surface area contributed by atoms with Gasteiger partial charge in [0.25, 0.3) is 5.91 Å². The molecule has 46 heavy (non-hydrogen) atoms. The SMILES string of the molecule is COc1ccccc1OCCN(C)C(=O)[C@@H]1CCC(=O)N[C@@H](Cc2ccc(O)cc2)C(=O)N(C)CCOc2ccccc2C(=O)N1. The molecule has 1 aliphatic heterocycles. The van der Waals surface area contributed by atoms with E-state index in [1.807, 2.05) is 12.1 Å². The third-order valence-electron chi connectivity index (χ3n) is 7.59. The molecule has 0 saturated heterocycles. The van der Waals surface area contributed by atoms with Crippen LogP contribution < -0.4 is 24.8 Å². The van der Waals surface area contributed by atoms with Crippen LogP contribution in [0, 0.1) is 0 Å². The molecule has 3 N–H and O–H groups in total. The predicted molar refractivity (Wildman–Crippen MR) is 170 cm³/mol. The van der Waals surface area contributed by atoms with Crippen LogP contribution in [0.3, 0.4) is 0 Å². The fourth-order valence-electron chi connectivity index (χ4n) is 4.96. The van der Waals surface area contributed by atoms with Crippen LogP contribution in [-0.2, 0) is 20.8 Å². The number of ether oxygens (including phenoxy) is 3. The largest absolute Gasteiger partial charge is 0.508 e. The van der Waals surface area contributed by atoms with Gasteiger partial charge in [0.05, 0.1) is 25.8 Å². The highest BCUT2D eigenvalue weighted by atomic mass is 16.5. The molecule has 0 fully saturated rings. The molecule has 0 spiro atoms. The number of amides is 4. The number of carbonyl (C=O) groups is 4. The van der Waals surface area contributed by atoms with E-state index in [0.717, 1.165) is 5.56 Å². The summed E-state index contributed by atoms with van der Waals surface area (Å²) in [5, 5.41) is 15.3. The summed E-state index contributed by atoms with van der Waals surface area (Å²) in [6, 6.07) is 18.2. The Hall–Kier alpha value is -5.26. The van der Waals surface area contributed by atoms with Crippen molar-refractivity contribution in [1.29, 1.82) is 0 Å². The zero-order chi connectivity index (χ0) is 33.1. The molecule has 1 aliphatic rings. The predicted octanol–water partition coefficient (Wildman–Crippen LogP) is 2.40. The van der Waals surface area contributed by atoms with Crippen LogP contribution in [0.15, 0.2) is 72.8 Å². The maximum absolute atomic E-state index is 13.6. The number of fused-ring (bicyclic) bond motifs is 1. The lowest BCUT2D eigenvalue weighted by Gasteiger charge is -2.26. The van der Waals surface area contributed by atoms with Crippen molar-refractivity contribution in [3.8, 4) is 23.0 Å². The molecule has 0 unspecified atom stereocenters. The lowest BCUT2D eigenvalue weighted by atomic mass is 10.0. The van der Waals surface area contributed by atoms with Crippen molar-refractivity contribution in [2.24, 2.45) is 0 Å². The van der Waals surface area contributed by atoms with E-state index in [4.69, 9.17) is 14.2 Å². The molecule has 4 amide bonds. The van der Waals surface area contributed by atoms with Crippen LogP contribution in [0.4, 0.5) is 0 Å². The van der Waals surface area contributed by atoms with Crippen molar-refractivity contribution in [2.45, 2.75) is 31.3 Å². The van der Waals surface area contributed by atoms with Crippen LogP contribution in [-0.4, -0.2) is 98.1 Å². The first-order valence-corrected chi connectivity index (χ1v) is 15.0. The number of phenols is 1. The minimum Gasteiger partial charge on any atom is -0.508 e. The van der Waals surface area contributed by atoms with Gasteiger partial charge in [0.15, 0.2) is 11.5 Å². The number of hydrogen-bond donors (Lipinski definition) is 3. The Balaban J connectivity index is 1.53.